The summed E-state index contributed by atoms with van der Waals surface area (Å²) in [6.45, 7) is 3.90. The zero-order chi connectivity index (χ0) is 8.32. The number of allylic oxidation sites excluding steroid dienone is 1. The fraction of sp³-hybridized carbons (Fsp3) is 0.700. The molecule has 0 aromatic carbocycles. The van der Waals surface area contributed by atoms with Crippen LogP contribution >= 0.6 is 0 Å². The highest BCUT2D eigenvalue weighted by Gasteiger charge is 2.24. The monoisotopic (exact) mass is 152 g/mol. The maximum atomic E-state index is 9.61. The molecule has 1 rings (SSSR count). The van der Waals surface area contributed by atoms with Crippen molar-refractivity contribution in [2.45, 2.75) is 45.1 Å². The molecule has 0 atom stereocenters. The van der Waals surface area contributed by atoms with E-state index in [9.17, 15) is 5.11 Å². The molecule has 1 aliphatic rings. The molecule has 0 bridgehead atoms. The molecule has 62 valence electrons. The van der Waals surface area contributed by atoms with Gasteiger partial charge in [0.2, 0.25) is 0 Å². The van der Waals surface area contributed by atoms with E-state index < -0.39 is 5.60 Å². The third-order valence-electron chi connectivity index (χ3n) is 2.28. The van der Waals surface area contributed by atoms with Crippen LogP contribution in [0.25, 0.3) is 0 Å². The van der Waals surface area contributed by atoms with Gasteiger partial charge in [-0.1, -0.05) is 0 Å². The quantitative estimate of drug-likeness (QED) is 0.528. The Hall–Kier alpha value is -0.520. The first-order valence-corrected chi connectivity index (χ1v) is 4.25. The highest BCUT2D eigenvalue weighted by molar-refractivity contribution is 5.06. The van der Waals surface area contributed by atoms with E-state index in [0.29, 0.717) is 0 Å². The summed E-state index contributed by atoms with van der Waals surface area (Å²) in [5.41, 5.74) is 4.15. The van der Waals surface area contributed by atoms with E-state index in [-0.39, 0.29) is 0 Å². The van der Waals surface area contributed by atoms with Crippen LogP contribution in [0, 0.1) is 0 Å². The van der Waals surface area contributed by atoms with E-state index in [1.165, 1.54) is 5.57 Å². The van der Waals surface area contributed by atoms with Crippen molar-refractivity contribution in [3.05, 3.63) is 17.4 Å². The lowest BCUT2D eigenvalue weighted by atomic mass is 9.84. The highest BCUT2D eigenvalue weighted by Crippen LogP contribution is 2.30. The molecule has 1 fully saturated rings. The Morgan fingerprint density at radius 3 is 2.45 bits per heavy atom. The summed E-state index contributed by atoms with van der Waals surface area (Å²) in [5, 5.41) is 9.61. The van der Waals surface area contributed by atoms with Gasteiger partial charge >= 0.3 is 0 Å². The molecular formula is C10H16O. The zero-order valence-corrected chi connectivity index (χ0v) is 7.35. The summed E-state index contributed by atoms with van der Waals surface area (Å²) in [6, 6.07) is 0. The largest absolute Gasteiger partial charge is 0.390 e. The van der Waals surface area contributed by atoms with Crippen LogP contribution in [-0.2, 0) is 0 Å². The van der Waals surface area contributed by atoms with Gasteiger partial charge in [-0.15, -0.1) is 5.73 Å². The molecule has 0 unspecified atom stereocenters. The Labute approximate surface area is 68.4 Å². The van der Waals surface area contributed by atoms with Crippen LogP contribution in [-0.4, -0.2) is 10.7 Å². The minimum atomic E-state index is -0.418. The highest BCUT2D eigenvalue weighted by atomic mass is 16.3. The van der Waals surface area contributed by atoms with Crippen LogP contribution in [0.4, 0.5) is 0 Å². The van der Waals surface area contributed by atoms with Crippen LogP contribution in [0.15, 0.2) is 17.4 Å². The van der Waals surface area contributed by atoms with E-state index in [2.05, 4.69) is 5.73 Å². The van der Waals surface area contributed by atoms with Crippen molar-refractivity contribution >= 4 is 0 Å². The average molecular weight is 152 g/mol. The smallest absolute Gasteiger partial charge is 0.0626 e. The number of hydrogen-bond acceptors (Lipinski definition) is 1. The van der Waals surface area contributed by atoms with Gasteiger partial charge in [0.15, 0.2) is 0 Å². The van der Waals surface area contributed by atoms with Crippen molar-refractivity contribution in [3.8, 4) is 0 Å². The third-order valence-corrected chi connectivity index (χ3v) is 2.28. The van der Waals surface area contributed by atoms with Crippen LogP contribution in [0.3, 0.4) is 0 Å². The average Bonchev–Trinajstić information content (AvgIpc) is 1.94. The van der Waals surface area contributed by atoms with E-state index >= 15 is 0 Å². The number of hydrogen-bond donors (Lipinski definition) is 1. The molecule has 1 N–H and O–H groups in total. The van der Waals surface area contributed by atoms with Gasteiger partial charge in [0.1, 0.15) is 0 Å². The molecule has 0 aromatic rings. The van der Waals surface area contributed by atoms with Gasteiger partial charge < -0.3 is 5.11 Å². The Balaban J connectivity index is 2.56. The minimum Gasteiger partial charge on any atom is -0.390 e. The van der Waals surface area contributed by atoms with Gasteiger partial charge in [0.05, 0.1) is 5.60 Å². The molecule has 0 aliphatic heterocycles. The first-order valence-electron chi connectivity index (χ1n) is 4.25. The molecule has 1 saturated carbocycles. The fourth-order valence-electron chi connectivity index (χ4n) is 1.44. The molecule has 11 heavy (non-hydrogen) atoms. The van der Waals surface area contributed by atoms with Gasteiger partial charge in [-0.05, 0) is 51.2 Å². The summed E-state index contributed by atoms with van der Waals surface area (Å²) in [7, 11) is 0. The topological polar surface area (TPSA) is 20.2 Å². The number of aliphatic hydroxyl groups is 1. The SMILES string of the molecule is CC=C=C1CCC(C)(O)CC1. The maximum absolute atomic E-state index is 9.61. The molecule has 0 saturated heterocycles. The van der Waals surface area contributed by atoms with Gasteiger partial charge in [-0.25, -0.2) is 0 Å². The second kappa shape index (κ2) is 3.25. The summed E-state index contributed by atoms with van der Waals surface area (Å²) >= 11 is 0. The summed E-state index contributed by atoms with van der Waals surface area (Å²) in [4.78, 5) is 0. The van der Waals surface area contributed by atoms with Crippen LogP contribution in [0.2, 0.25) is 0 Å². The fourth-order valence-corrected chi connectivity index (χ4v) is 1.44. The molecule has 0 aromatic heterocycles. The number of rotatable bonds is 0. The van der Waals surface area contributed by atoms with Crippen molar-refractivity contribution in [1.82, 2.24) is 0 Å². The van der Waals surface area contributed by atoms with Crippen LogP contribution in [0.1, 0.15) is 39.5 Å². The third kappa shape index (κ3) is 2.53. The van der Waals surface area contributed by atoms with Crippen molar-refractivity contribution in [2.75, 3.05) is 0 Å². The lowest BCUT2D eigenvalue weighted by Crippen LogP contribution is -2.27. The Morgan fingerprint density at radius 2 is 2.00 bits per heavy atom. The predicted molar refractivity (Wildman–Crippen MR) is 46.4 cm³/mol. The lowest BCUT2D eigenvalue weighted by Gasteiger charge is -2.28. The van der Waals surface area contributed by atoms with E-state index in [4.69, 9.17) is 0 Å². The van der Waals surface area contributed by atoms with Crippen molar-refractivity contribution in [3.63, 3.8) is 0 Å². The summed E-state index contributed by atoms with van der Waals surface area (Å²) < 4.78 is 0. The van der Waals surface area contributed by atoms with Gasteiger partial charge in [0, 0.05) is 0 Å². The first kappa shape index (κ1) is 8.58. The van der Waals surface area contributed by atoms with Gasteiger partial charge in [-0.2, -0.15) is 0 Å². The second-order valence-electron chi connectivity index (χ2n) is 3.53. The predicted octanol–water partition coefficient (Wildman–Crippen LogP) is 2.41. The molecule has 0 radical (unpaired) electrons. The molecular weight excluding hydrogens is 136 g/mol. The Kier molecular flexibility index (Phi) is 2.53. The second-order valence-corrected chi connectivity index (χ2v) is 3.53. The van der Waals surface area contributed by atoms with E-state index in [0.717, 1.165) is 25.7 Å². The van der Waals surface area contributed by atoms with Crippen LogP contribution < -0.4 is 0 Å². The van der Waals surface area contributed by atoms with Crippen molar-refractivity contribution in [2.24, 2.45) is 0 Å². The standard InChI is InChI=1S/C10H16O/c1-3-4-9-5-7-10(2,11)8-6-9/h3,11H,5-8H2,1-2H3. The molecule has 1 aliphatic carbocycles. The Bertz CT molecular complexity index is 183. The van der Waals surface area contributed by atoms with E-state index in [1.54, 1.807) is 0 Å². The van der Waals surface area contributed by atoms with Crippen molar-refractivity contribution in [1.29, 1.82) is 0 Å². The molecule has 1 nitrogen and oxygen atoms in total. The van der Waals surface area contributed by atoms with Crippen molar-refractivity contribution < 1.29 is 5.11 Å². The maximum Gasteiger partial charge on any atom is 0.0626 e. The molecule has 0 heterocycles. The lowest BCUT2D eigenvalue weighted by molar-refractivity contribution is 0.0328. The zero-order valence-electron chi connectivity index (χ0n) is 7.35. The molecule has 0 spiro atoms. The Morgan fingerprint density at radius 1 is 1.45 bits per heavy atom. The molecule has 1 heteroatoms. The van der Waals surface area contributed by atoms with Gasteiger partial charge in [0.25, 0.3) is 0 Å². The van der Waals surface area contributed by atoms with Gasteiger partial charge in [-0.3, -0.25) is 0 Å². The normalized spacial score (nSPS) is 31.4. The summed E-state index contributed by atoms with van der Waals surface area (Å²) in [6.07, 6.45) is 5.76. The minimum absolute atomic E-state index is 0.418. The van der Waals surface area contributed by atoms with E-state index in [1.807, 2.05) is 19.9 Å². The first-order chi connectivity index (χ1) is 5.14. The molecule has 0 amide bonds. The van der Waals surface area contributed by atoms with Crippen LogP contribution in [0.5, 0.6) is 0 Å². The summed E-state index contributed by atoms with van der Waals surface area (Å²) in [5.74, 6) is 0.